The molecule has 0 spiro atoms. The lowest BCUT2D eigenvalue weighted by Crippen LogP contribution is -2.47. The van der Waals surface area contributed by atoms with Crippen molar-refractivity contribution in [2.24, 2.45) is 0 Å². The number of hydrogen-bond acceptors (Lipinski definition) is 3. The van der Waals surface area contributed by atoms with E-state index in [1.165, 1.54) is 6.26 Å². The predicted octanol–water partition coefficient (Wildman–Crippen LogP) is -0.471. The quantitative estimate of drug-likeness (QED) is 0.563. The number of carboxylic acid groups (broad SMARTS) is 1. The van der Waals surface area contributed by atoms with E-state index in [-0.39, 0.29) is 18.2 Å². The average Bonchev–Trinajstić information content (AvgIpc) is 2.24. The zero-order valence-corrected chi connectivity index (χ0v) is 10.5. The normalized spacial score (nSPS) is 15.1. The van der Waals surface area contributed by atoms with Crippen molar-refractivity contribution in [3.05, 3.63) is 0 Å². The van der Waals surface area contributed by atoms with Gasteiger partial charge in [-0.3, -0.25) is 4.21 Å². The lowest BCUT2D eigenvalue weighted by molar-refractivity contribution is -0.139. The van der Waals surface area contributed by atoms with Gasteiger partial charge in [-0.05, 0) is 6.92 Å². The van der Waals surface area contributed by atoms with Crippen LogP contribution in [0.25, 0.3) is 0 Å². The van der Waals surface area contributed by atoms with Crippen molar-refractivity contribution in [3.8, 4) is 12.3 Å². The fourth-order valence-electron chi connectivity index (χ4n) is 0.881. The minimum Gasteiger partial charge on any atom is -0.480 e. The molecule has 7 heteroatoms. The molecule has 0 radical (unpaired) electrons. The molecule has 0 aromatic heterocycles. The monoisotopic (exact) mass is 260 g/mol. The fourth-order valence-corrected chi connectivity index (χ4v) is 1.20. The Hall–Kier alpha value is -1.55. The molecule has 0 aliphatic heterocycles. The van der Waals surface area contributed by atoms with Crippen LogP contribution in [0.3, 0.4) is 0 Å². The van der Waals surface area contributed by atoms with Crippen molar-refractivity contribution in [2.75, 3.05) is 12.8 Å². The largest absolute Gasteiger partial charge is 0.480 e. The van der Waals surface area contributed by atoms with Crippen molar-refractivity contribution in [1.29, 1.82) is 0 Å². The second-order valence-electron chi connectivity index (χ2n) is 3.46. The van der Waals surface area contributed by atoms with E-state index < -0.39 is 28.8 Å². The summed E-state index contributed by atoms with van der Waals surface area (Å²) >= 11 is 0. The third kappa shape index (κ3) is 6.58. The van der Waals surface area contributed by atoms with Crippen LogP contribution in [0.5, 0.6) is 0 Å². The summed E-state index contributed by atoms with van der Waals surface area (Å²) in [6.07, 6.45) is 6.42. The zero-order chi connectivity index (χ0) is 13.4. The van der Waals surface area contributed by atoms with Crippen molar-refractivity contribution < 1.29 is 18.9 Å². The lowest BCUT2D eigenvalue weighted by atomic mass is 10.2. The Morgan fingerprint density at radius 2 is 2.12 bits per heavy atom. The van der Waals surface area contributed by atoms with Gasteiger partial charge in [0.05, 0.1) is 0 Å². The first-order valence-corrected chi connectivity index (χ1v) is 6.53. The van der Waals surface area contributed by atoms with Gasteiger partial charge >= 0.3 is 12.0 Å². The molecule has 17 heavy (non-hydrogen) atoms. The van der Waals surface area contributed by atoms with Gasteiger partial charge in [0.15, 0.2) is 0 Å². The Labute approximate surface area is 103 Å². The van der Waals surface area contributed by atoms with Gasteiger partial charge in [0.2, 0.25) is 0 Å². The average molecular weight is 260 g/mol. The standard InChI is InChI=1S/C10H16N2O4S/c1-4-5-8(9(13)14)12-10(15)11-6-7(2)17(3)16/h1,7-8H,5-6H2,2-3H3,(H,13,14)(H2,11,12,15). The van der Waals surface area contributed by atoms with Crippen LogP contribution in [-0.2, 0) is 15.6 Å². The molecule has 0 fully saturated rings. The highest BCUT2D eigenvalue weighted by molar-refractivity contribution is 7.84. The zero-order valence-electron chi connectivity index (χ0n) is 9.73. The molecule has 0 aliphatic rings. The van der Waals surface area contributed by atoms with Gasteiger partial charge in [0.25, 0.3) is 0 Å². The molecule has 0 saturated carbocycles. The first-order valence-electron chi connectivity index (χ1n) is 4.91. The molecule has 0 bridgehead atoms. The molecular formula is C10H16N2O4S. The Bertz CT molecular complexity index is 351. The summed E-state index contributed by atoms with van der Waals surface area (Å²) in [5, 5.41) is 13.2. The van der Waals surface area contributed by atoms with Crippen molar-refractivity contribution in [3.63, 3.8) is 0 Å². The minimum absolute atomic E-state index is 0.0853. The maximum absolute atomic E-state index is 11.3. The van der Waals surface area contributed by atoms with Gasteiger partial charge in [0, 0.05) is 35.3 Å². The highest BCUT2D eigenvalue weighted by Crippen LogP contribution is 1.92. The predicted molar refractivity (Wildman–Crippen MR) is 64.9 cm³/mol. The number of terminal acetylenes is 1. The molecular weight excluding hydrogens is 244 g/mol. The van der Waals surface area contributed by atoms with Crippen LogP contribution in [0.2, 0.25) is 0 Å². The minimum atomic E-state index is -1.19. The van der Waals surface area contributed by atoms with Gasteiger partial charge in [-0.15, -0.1) is 12.3 Å². The highest BCUT2D eigenvalue weighted by Gasteiger charge is 2.18. The number of amides is 2. The summed E-state index contributed by atoms with van der Waals surface area (Å²) < 4.78 is 11.0. The number of aliphatic carboxylic acids is 1. The van der Waals surface area contributed by atoms with Gasteiger partial charge in [0.1, 0.15) is 6.04 Å². The van der Waals surface area contributed by atoms with Gasteiger partial charge in [-0.2, -0.15) is 0 Å². The number of carboxylic acids is 1. The van der Waals surface area contributed by atoms with Gasteiger partial charge in [-0.25, -0.2) is 9.59 Å². The smallest absolute Gasteiger partial charge is 0.327 e. The third-order valence-corrected chi connectivity index (χ3v) is 3.34. The Kier molecular flexibility index (Phi) is 6.98. The van der Waals surface area contributed by atoms with E-state index in [0.717, 1.165) is 0 Å². The molecule has 0 rings (SSSR count). The topological polar surface area (TPSA) is 95.5 Å². The Morgan fingerprint density at radius 3 is 2.53 bits per heavy atom. The van der Waals surface area contributed by atoms with Crippen LogP contribution in [0.4, 0.5) is 4.79 Å². The van der Waals surface area contributed by atoms with E-state index in [9.17, 15) is 13.8 Å². The molecule has 0 heterocycles. The SMILES string of the molecule is C#CCC(NC(=O)NCC(C)S(C)=O)C(=O)O. The second-order valence-corrected chi connectivity index (χ2v) is 5.26. The molecule has 3 N–H and O–H groups in total. The maximum Gasteiger partial charge on any atom is 0.327 e. The van der Waals surface area contributed by atoms with E-state index in [1.807, 2.05) is 0 Å². The highest BCUT2D eigenvalue weighted by atomic mass is 32.2. The Balaban J connectivity index is 4.12. The number of urea groups is 1. The van der Waals surface area contributed by atoms with Crippen LogP contribution < -0.4 is 10.6 Å². The fraction of sp³-hybridized carbons (Fsp3) is 0.600. The molecule has 96 valence electrons. The van der Waals surface area contributed by atoms with Gasteiger partial charge in [-0.1, -0.05) is 0 Å². The molecule has 0 saturated heterocycles. The van der Waals surface area contributed by atoms with Crippen molar-refractivity contribution in [1.82, 2.24) is 10.6 Å². The maximum atomic E-state index is 11.3. The summed E-state index contributed by atoms with van der Waals surface area (Å²) in [5.74, 6) is 0.976. The first-order chi connectivity index (χ1) is 7.88. The van der Waals surface area contributed by atoms with E-state index >= 15 is 0 Å². The number of hydrogen-bond donors (Lipinski definition) is 3. The Morgan fingerprint density at radius 1 is 1.53 bits per heavy atom. The molecule has 0 aromatic carbocycles. The number of rotatable bonds is 6. The molecule has 2 amide bonds. The van der Waals surface area contributed by atoms with E-state index in [2.05, 4.69) is 16.6 Å². The summed E-state index contributed by atoms with van der Waals surface area (Å²) in [7, 11) is -1.04. The second kappa shape index (κ2) is 7.68. The van der Waals surface area contributed by atoms with Crippen molar-refractivity contribution in [2.45, 2.75) is 24.6 Å². The van der Waals surface area contributed by atoms with E-state index in [1.54, 1.807) is 6.92 Å². The summed E-state index contributed by atoms with van der Waals surface area (Å²) in [6.45, 7) is 1.92. The summed E-state index contributed by atoms with van der Waals surface area (Å²) in [4.78, 5) is 22.0. The third-order valence-electron chi connectivity index (χ3n) is 2.04. The summed E-state index contributed by atoms with van der Waals surface area (Å²) in [6, 6.07) is -1.74. The number of carbonyl (C=O) groups is 2. The summed E-state index contributed by atoms with van der Waals surface area (Å²) in [5.41, 5.74) is 0. The lowest BCUT2D eigenvalue weighted by Gasteiger charge is -2.14. The van der Waals surface area contributed by atoms with Crippen LogP contribution in [0.1, 0.15) is 13.3 Å². The van der Waals surface area contributed by atoms with Crippen LogP contribution in [0, 0.1) is 12.3 Å². The molecule has 0 aromatic rings. The molecule has 0 aliphatic carbocycles. The van der Waals surface area contributed by atoms with Crippen LogP contribution in [0.15, 0.2) is 0 Å². The number of nitrogens with one attached hydrogen (secondary N) is 2. The van der Waals surface area contributed by atoms with Crippen molar-refractivity contribution >= 4 is 22.8 Å². The molecule has 6 nitrogen and oxygen atoms in total. The van der Waals surface area contributed by atoms with Gasteiger partial charge < -0.3 is 15.7 Å². The first kappa shape index (κ1) is 15.4. The van der Waals surface area contributed by atoms with Crippen LogP contribution in [-0.4, -0.2) is 45.4 Å². The van der Waals surface area contributed by atoms with E-state index in [0.29, 0.717) is 0 Å². The van der Waals surface area contributed by atoms with E-state index in [4.69, 9.17) is 11.5 Å². The number of carbonyl (C=O) groups excluding carboxylic acids is 1. The van der Waals surface area contributed by atoms with Crippen LogP contribution >= 0.6 is 0 Å². The molecule has 3 unspecified atom stereocenters. The molecule has 3 atom stereocenters.